The number of thioether (sulfide) groups is 1. The molecular formula is C16H13N3O4S. The van der Waals surface area contributed by atoms with E-state index in [1.807, 2.05) is 29.9 Å². The second-order valence-electron chi connectivity index (χ2n) is 5.24. The first kappa shape index (κ1) is 16.0. The third kappa shape index (κ3) is 3.09. The van der Waals surface area contributed by atoms with E-state index in [0.717, 1.165) is 22.4 Å². The quantitative estimate of drug-likeness (QED) is 0.483. The van der Waals surface area contributed by atoms with E-state index in [-0.39, 0.29) is 23.4 Å². The van der Waals surface area contributed by atoms with Gasteiger partial charge in [-0.3, -0.25) is 24.6 Å². The number of non-ortho nitro benzene ring substituents is 1. The average Bonchev–Trinajstić information content (AvgIpc) is 3.07. The summed E-state index contributed by atoms with van der Waals surface area (Å²) in [5, 5.41) is 10.3. The van der Waals surface area contributed by atoms with Crippen LogP contribution in [0.3, 0.4) is 0 Å². The number of carbonyl (C=O) groups is 2. The van der Waals surface area contributed by atoms with Gasteiger partial charge >= 0.3 is 0 Å². The molecule has 3 rings (SSSR count). The first-order valence-electron chi connectivity index (χ1n) is 7.06. The molecule has 24 heavy (non-hydrogen) atoms. The summed E-state index contributed by atoms with van der Waals surface area (Å²) in [5.41, 5.74) is 1.45. The van der Waals surface area contributed by atoms with Gasteiger partial charge in [0.25, 0.3) is 16.8 Å². The summed E-state index contributed by atoms with van der Waals surface area (Å²) in [5.74, 6) is -0.357. The zero-order chi connectivity index (χ0) is 17.3. The zero-order valence-electron chi connectivity index (χ0n) is 12.7. The second-order valence-corrected chi connectivity index (χ2v) is 6.23. The van der Waals surface area contributed by atoms with Crippen LogP contribution in [-0.2, 0) is 18.4 Å². The van der Waals surface area contributed by atoms with E-state index in [4.69, 9.17) is 0 Å². The highest BCUT2D eigenvalue weighted by atomic mass is 32.2. The number of aromatic nitrogens is 1. The molecule has 7 nitrogen and oxygen atoms in total. The standard InChI is InChI=1S/C16H13N3O4S/c1-17-8-2-3-13(17)9-14-15(20)18(16(21)24-14)10-11-4-6-12(7-5-11)19(22)23/h2-9H,10H2,1H3/b14-9-. The van der Waals surface area contributed by atoms with Crippen molar-refractivity contribution in [3.8, 4) is 0 Å². The molecule has 0 spiro atoms. The number of aryl methyl sites for hydroxylation is 1. The van der Waals surface area contributed by atoms with Crippen molar-refractivity contribution in [1.29, 1.82) is 0 Å². The second kappa shape index (κ2) is 6.32. The van der Waals surface area contributed by atoms with Crippen LogP contribution in [0.5, 0.6) is 0 Å². The first-order valence-corrected chi connectivity index (χ1v) is 7.87. The molecule has 1 saturated heterocycles. The molecule has 0 unspecified atom stereocenters. The molecule has 1 fully saturated rings. The van der Waals surface area contributed by atoms with Crippen LogP contribution in [0.4, 0.5) is 10.5 Å². The Hall–Kier alpha value is -2.87. The summed E-state index contributed by atoms with van der Waals surface area (Å²) in [6.45, 7) is 0.0904. The number of hydrogen-bond acceptors (Lipinski definition) is 5. The summed E-state index contributed by atoms with van der Waals surface area (Å²) >= 11 is 0.893. The number of imide groups is 1. The van der Waals surface area contributed by atoms with Crippen molar-refractivity contribution in [2.45, 2.75) is 6.54 Å². The van der Waals surface area contributed by atoms with Gasteiger partial charge in [0, 0.05) is 31.1 Å². The smallest absolute Gasteiger partial charge is 0.293 e. The molecule has 0 aliphatic carbocycles. The fourth-order valence-corrected chi connectivity index (χ4v) is 3.12. The largest absolute Gasteiger partial charge is 0.351 e. The Morgan fingerprint density at radius 2 is 1.92 bits per heavy atom. The van der Waals surface area contributed by atoms with Gasteiger partial charge in [0.05, 0.1) is 16.4 Å². The van der Waals surface area contributed by atoms with E-state index in [1.54, 1.807) is 18.2 Å². The van der Waals surface area contributed by atoms with Crippen LogP contribution in [0.15, 0.2) is 47.5 Å². The lowest BCUT2D eigenvalue weighted by Crippen LogP contribution is -2.27. The summed E-state index contributed by atoms with van der Waals surface area (Å²) in [7, 11) is 1.85. The number of rotatable bonds is 4. The highest BCUT2D eigenvalue weighted by Crippen LogP contribution is 2.33. The number of nitro groups is 1. The van der Waals surface area contributed by atoms with E-state index in [1.165, 1.54) is 12.1 Å². The van der Waals surface area contributed by atoms with Gasteiger partial charge in [-0.15, -0.1) is 0 Å². The lowest BCUT2D eigenvalue weighted by Gasteiger charge is -2.12. The Morgan fingerprint density at radius 1 is 1.21 bits per heavy atom. The molecule has 2 aromatic rings. The average molecular weight is 343 g/mol. The number of nitrogens with zero attached hydrogens (tertiary/aromatic N) is 3. The van der Waals surface area contributed by atoms with Crippen LogP contribution in [-0.4, -0.2) is 25.5 Å². The number of carbonyl (C=O) groups excluding carboxylic acids is 2. The maximum absolute atomic E-state index is 12.4. The van der Waals surface area contributed by atoms with Gasteiger partial charge in [0.1, 0.15) is 0 Å². The van der Waals surface area contributed by atoms with Crippen LogP contribution in [0.1, 0.15) is 11.3 Å². The van der Waals surface area contributed by atoms with E-state index >= 15 is 0 Å². The Bertz CT molecular complexity index is 854. The van der Waals surface area contributed by atoms with Crippen LogP contribution in [0.25, 0.3) is 6.08 Å². The highest BCUT2D eigenvalue weighted by Gasteiger charge is 2.35. The fraction of sp³-hybridized carbons (Fsp3) is 0.125. The predicted octanol–water partition coefficient (Wildman–Crippen LogP) is 3.17. The van der Waals surface area contributed by atoms with Gasteiger partial charge in [-0.1, -0.05) is 12.1 Å². The van der Waals surface area contributed by atoms with Gasteiger partial charge < -0.3 is 4.57 Å². The van der Waals surface area contributed by atoms with E-state index in [9.17, 15) is 19.7 Å². The molecule has 1 aromatic heterocycles. The number of nitro benzene ring substituents is 1. The number of amides is 2. The number of benzene rings is 1. The Labute approximate surface area is 141 Å². The Morgan fingerprint density at radius 3 is 2.50 bits per heavy atom. The normalized spacial score (nSPS) is 16.2. The molecule has 1 aliphatic rings. The molecule has 0 radical (unpaired) electrons. The molecule has 2 heterocycles. The minimum absolute atomic E-state index is 0.0310. The molecule has 1 aromatic carbocycles. The lowest BCUT2D eigenvalue weighted by molar-refractivity contribution is -0.384. The maximum Gasteiger partial charge on any atom is 0.293 e. The Kier molecular flexibility index (Phi) is 4.22. The molecule has 0 saturated carbocycles. The van der Waals surface area contributed by atoms with Crippen molar-refractivity contribution in [2.24, 2.45) is 7.05 Å². The summed E-state index contributed by atoms with van der Waals surface area (Å²) in [4.78, 5) is 36.2. The van der Waals surface area contributed by atoms with Crippen molar-refractivity contribution >= 4 is 34.7 Å². The van der Waals surface area contributed by atoms with Gasteiger partial charge in [-0.2, -0.15) is 0 Å². The van der Waals surface area contributed by atoms with Crippen molar-refractivity contribution in [1.82, 2.24) is 9.47 Å². The van der Waals surface area contributed by atoms with Crippen molar-refractivity contribution in [3.05, 3.63) is 68.9 Å². The van der Waals surface area contributed by atoms with Crippen LogP contribution >= 0.6 is 11.8 Å². The topological polar surface area (TPSA) is 85.4 Å². The Balaban J connectivity index is 1.78. The van der Waals surface area contributed by atoms with Gasteiger partial charge in [-0.05, 0) is 35.5 Å². The molecule has 0 N–H and O–H groups in total. The SMILES string of the molecule is Cn1cccc1/C=C1\SC(=O)N(Cc2ccc([N+](=O)[O-])cc2)C1=O. The summed E-state index contributed by atoms with van der Waals surface area (Å²) < 4.78 is 1.85. The van der Waals surface area contributed by atoms with E-state index in [2.05, 4.69) is 0 Å². The molecule has 2 amide bonds. The lowest BCUT2D eigenvalue weighted by atomic mass is 10.2. The summed E-state index contributed by atoms with van der Waals surface area (Å²) in [6, 6.07) is 9.50. The summed E-state index contributed by atoms with van der Waals surface area (Å²) in [6.07, 6.45) is 3.54. The van der Waals surface area contributed by atoms with Gasteiger partial charge in [0.2, 0.25) is 0 Å². The number of hydrogen-bond donors (Lipinski definition) is 0. The third-order valence-corrected chi connectivity index (χ3v) is 4.53. The van der Waals surface area contributed by atoms with Crippen molar-refractivity contribution < 1.29 is 14.5 Å². The third-order valence-electron chi connectivity index (χ3n) is 3.62. The van der Waals surface area contributed by atoms with E-state index < -0.39 is 4.92 Å². The fourth-order valence-electron chi connectivity index (χ4n) is 2.30. The molecule has 0 bridgehead atoms. The minimum Gasteiger partial charge on any atom is -0.351 e. The van der Waals surface area contributed by atoms with Crippen LogP contribution < -0.4 is 0 Å². The van der Waals surface area contributed by atoms with Crippen molar-refractivity contribution in [3.63, 3.8) is 0 Å². The van der Waals surface area contributed by atoms with E-state index in [0.29, 0.717) is 10.5 Å². The monoisotopic (exact) mass is 343 g/mol. The predicted molar refractivity (Wildman–Crippen MR) is 90.0 cm³/mol. The minimum atomic E-state index is -0.494. The first-order chi connectivity index (χ1) is 11.5. The molecular weight excluding hydrogens is 330 g/mol. The van der Waals surface area contributed by atoms with Crippen LogP contribution in [0, 0.1) is 10.1 Å². The van der Waals surface area contributed by atoms with Crippen molar-refractivity contribution in [2.75, 3.05) is 0 Å². The molecule has 1 aliphatic heterocycles. The molecule has 8 heteroatoms. The maximum atomic E-state index is 12.4. The highest BCUT2D eigenvalue weighted by molar-refractivity contribution is 8.18. The molecule has 122 valence electrons. The van der Waals surface area contributed by atoms with Gasteiger partial charge in [0.15, 0.2) is 0 Å². The van der Waals surface area contributed by atoms with Crippen LogP contribution in [0.2, 0.25) is 0 Å². The van der Waals surface area contributed by atoms with Gasteiger partial charge in [-0.25, -0.2) is 0 Å². The molecule has 0 atom stereocenters. The zero-order valence-corrected chi connectivity index (χ0v) is 13.5.